The molecule has 3 amide bonds. The average molecular weight is 345 g/mol. The SMILES string of the molecule is CCOC(=O)CN1C(=O)N[C@@](C)(c2ccc(Cl)cc2Cl)C1=O. The van der Waals surface area contributed by atoms with E-state index in [0.717, 1.165) is 4.90 Å². The number of halogens is 2. The summed E-state index contributed by atoms with van der Waals surface area (Å²) >= 11 is 12.0. The zero-order valence-electron chi connectivity index (χ0n) is 12.0. The third-order valence-electron chi connectivity index (χ3n) is 3.34. The molecule has 0 bridgehead atoms. The minimum atomic E-state index is -1.36. The van der Waals surface area contributed by atoms with Gasteiger partial charge in [-0.05, 0) is 26.0 Å². The molecule has 1 aliphatic heterocycles. The minimum Gasteiger partial charge on any atom is -0.465 e. The normalized spacial score (nSPS) is 21.0. The number of benzene rings is 1. The van der Waals surface area contributed by atoms with Gasteiger partial charge in [-0.25, -0.2) is 4.79 Å². The fourth-order valence-corrected chi connectivity index (χ4v) is 2.85. The number of nitrogens with one attached hydrogen (secondary N) is 1. The molecular weight excluding hydrogens is 331 g/mol. The van der Waals surface area contributed by atoms with E-state index in [1.54, 1.807) is 19.1 Å². The van der Waals surface area contributed by atoms with Crippen LogP contribution < -0.4 is 5.32 Å². The molecule has 0 spiro atoms. The number of esters is 1. The molecular formula is C14H14Cl2N2O4. The number of imide groups is 1. The van der Waals surface area contributed by atoms with Gasteiger partial charge in [0.1, 0.15) is 12.1 Å². The van der Waals surface area contributed by atoms with E-state index in [4.69, 9.17) is 27.9 Å². The van der Waals surface area contributed by atoms with Gasteiger partial charge in [-0.2, -0.15) is 0 Å². The van der Waals surface area contributed by atoms with Crippen LogP contribution in [0, 0.1) is 0 Å². The van der Waals surface area contributed by atoms with Crippen molar-refractivity contribution in [2.75, 3.05) is 13.2 Å². The summed E-state index contributed by atoms with van der Waals surface area (Å²) in [6, 6.07) is 3.95. The molecule has 1 heterocycles. The molecule has 0 saturated carbocycles. The molecule has 0 aliphatic carbocycles. The lowest BCUT2D eigenvalue weighted by Crippen LogP contribution is -2.42. The monoisotopic (exact) mass is 344 g/mol. The summed E-state index contributed by atoms with van der Waals surface area (Å²) in [6.45, 7) is 2.89. The van der Waals surface area contributed by atoms with E-state index in [2.05, 4.69) is 5.32 Å². The maximum absolute atomic E-state index is 12.6. The number of carbonyl (C=O) groups excluding carboxylic acids is 3. The maximum Gasteiger partial charge on any atom is 0.326 e. The summed E-state index contributed by atoms with van der Waals surface area (Å²) in [5, 5.41) is 3.22. The second-order valence-electron chi connectivity index (χ2n) is 4.88. The van der Waals surface area contributed by atoms with Crippen LogP contribution in [-0.2, 0) is 19.9 Å². The molecule has 1 aliphatic rings. The Morgan fingerprint density at radius 3 is 2.64 bits per heavy atom. The lowest BCUT2D eigenvalue weighted by molar-refractivity contribution is -0.147. The van der Waals surface area contributed by atoms with Gasteiger partial charge in [0.05, 0.1) is 6.61 Å². The lowest BCUT2D eigenvalue weighted by atomic mass is 9.92. The number of rotatable bonds is 4. The van der Waals surface area contributed by atoms with Crippen LogP contribution in [-0.4, -0.2) is 36.0 Å². The summed E-state index contributed by atoms with van der Waals surface area (Å²) in [4.78, 5) is 36.9. The first-order valence-corrected chi connectivity index (χ1v) is 7.30. The second-order valence-corrected chi connectivity index (χ2v) is 5.72. The van der Waals surface area contributed by atoms with E-state index in [-0.39, 0.29) is 11.6 Å². The standard InChI is InChI=1S/C14H14Cl2N2O4/c1-3-22-11(19)7-18-12(20)14(2,17-13(18)21)9-5-4-8(15)6-10(9)16/h4-6H,3,7H2,1-2H3,(H,17,21)/t14-/m0/s1. The molecule has 1 saturated heterocycles. The maximum atomic E-state index is 12.6. The summed E-state index contributed by atoms with van der Waals surface area (Å²) in [6.07, 6.45) is 0. The molecule has 1 N–H and O–H groups in total. The Hall–Kier alpha value is -1.79. The Morgan fingerprint density at radius 1 is 1.36 bits per heavy atom. The van der Waals surface area contributed by atoms with Crippen molar-refractivity contribution in [3.05, 3.63) is 33.8 Å². The zero-order valence-corrected chi connectivity index (χ0v) is 13.5. The van der Waals surface area contributed by atoms with Crippen molar-refractivity contribution in [2.24, 2.45) is 0 Å². The van der Waals surface area contributed by atoms with Crippen molar-refractivity contribution in [3.63, 3.8) is 0 Å². The number of amides is 3. The third-order valence-corrected chi connectivity index (χ3v) is 3.89. The van der Waals surface area contributed by atoms with Gasteiger partial charge in [0, 0.05) is 15.6 Å². The van der Waals surface area contributed by atoms with Gasteiger partial charge in [-0.15, -0.1) is 0 Å². The van der Waals surface area contributed by atoms with Crippen molar-refractivity contribution in [1.82, 2.24) is 10.2 Å². The molecule has 0 radical (unpaired) electrons. The van der Waals surface area contributed by atoms with Gasteiger partial charge < -0.3 is 10.1 Å². The topological polar surface area (TPSA) is 75.7 Å². The molecule has 1 fully saturated rings. The van der Waals surface area contributed by atoms with Crippen molar-refractivity contribution >= 4 is 41.1 Å². The number of urea groups is 1. The summed E-state index contributed by atoms with van der Waals surface area (Å²) in [7, 11) is 0. The highest BCUT2D eigenvalue weighted by Gasteiger charge is 2.50. The molecule has 6 nitrogen and oxygen atoms in total. The third kappa shape index (κ3) is 2.89. The van der Waals surface area contributed by atoms with Crippen LogP contribution in [0.2, 0.25) is 10.0 Å². The number of ether oxygens (including phenoxy) is 1. The highest BCUT2D eigenvalue weighted by molar-refractivity contribution is 6.35. The lowest BCUT2D eigenvalue weighted by Gasteiger charge is -2.23. The van der Waals surface area contributed by atoms with Crippen molar-refractivity contribution in [1.29, 1.82) is 0 Å². The highest BCUT2D eigenvalue weighted by Crippen LogP contribution is 2.34. The molecule has 1 aromatic carbocycles. The van der Waals surface area contributed by atoms with E-state index < -0.39 is 30.0 Å². The predicted molar refractivity (Wildman–Crippen MR) is 80.7 cm³/mol. The first-order valence-electron chi connectivity index (χ1n) is 6.55. The van der Waals surface area contributed by atoms with Crippen LogP contribution in [0.1, 0.15) is 19.4 Å². The number of nitrogens with zero attached hydrogens (tertiary/aromatic N) is 1. The quantitative estimate of drug-likeness (QED) is 0.671. The fraction of sp³-hybridized carbons (Fsp3) is 0.357. The van der Waals surface area contributed by atoms with E-state index >= 15 is 0 Å². The summed E-state index contributed by atoms with van der Waals surface area (Å²) < 4.78 is 4.76. The number of hydrogen-bond acceptors (Lipinski definition) is 4. The van der Waals surface area contributed by atoms with E-state index in [1.807, 2.05) is 0 Å². The van der Waals surface area contributed by atoms with Gasteiger partial charge in [0.25, 0.3) is 5.91 Å². The van der Waals surface area contributed by atoms with Crippen LogP contribution >= 0.6 is 23.2 Å². The Balaban J connectivity index is 2.31. The Morgan fingerprint density at radius 2 is 2.05 bits per heavy atom. The molecule has 0 unspecified atom stereocenters. The molecule has 0 aromatic heterocycles. The van der Waals surface area contributed by atoms with Gasteiger partial charge in [-0.3, -0.25) is 14.5 Å². The van der Waals surface area contributed by atoms with E-state index in [9.17, 15) is 14.4 Å². The second kappa shape index (κ2) is 6.14. The number of hydrogen-bond donors (Lipinski definition) is 1. The van der Waals surface area contributed by atoms with Crippen molar-refractivity contribution in [3.8, 4) is 0 Å². The van der Waals surface area contributed by atoms with Gasteiger partial charge in [0.2, 0.25) is 0 Å². The molecule has 1 aromatic rings. The van der Waals surface area contributed by atoms with Crippen LogP contribution in [0.3, 0.4) is 0 Å². The van der Waals surface area contributed by atoms with E-state index in [1.165, 1.54) is 13.0 Å². The molecule has 1 atom stereocenters. The Labute approximate surface area is 137 Å². The highest BCUT2D eigenvalue weighted by atomic mass is 35.5. The first kappa shape index (κ1) is 16.6. The minimum absolute atomic E-state index is 0.169. The first-order chi connectivity index (χ1) is 10.3. The zero-order chi connectivity index (χ0) is 16.5. The molecule has 8 heteroatoms. The van der Waals surface area contributed by atoms with Gasteiger partial charge >= 0.3 is 12.0 Å². The van der Waals surface area contributed by atoms with Gasteiger partial charge in [0.15, 0.2) is 0 Å². The van der Waals surface area contributed by atoms with E-state index in [0.29, 0.717) is 10.6 Å². The fourth-order valence-electron chi connectivity index (χ4n) is 2.25. The largest absolute Gasteiger partial charge is 0.465 e. The molecule has 118 valence electrons. The average Bonchev–Trinajstić information content (AvgIpc) is 2.63. The Bertz CT molecular complexity index is 650. The van der Waals surface area contributed by atoms with Crippen LogP contribution in [0.25, 0.3) is 0 Å². The predicted octanol–water partition coefficient (Wildman–Crippen LogP) is 2.32. The number of carbonyl (C=O) groups is 3. The van der Waals surface area contributed by atoms with Crippen LogP contribution in [0.4, 0.5) is 4.79 Å². The summed E-state index contributed by atoms with van der Waals surface area (Å²) in [5.41, 5.74) is -0.950. The van der Waals surface area contributed by atoms with Crippen molar-refractivity contribution in [2.45, 2.75) is 19.4 Å². The van der Waals surface area contributed by atoms with Crippen LogP contribution in [0.5, 0.6) is 0 Å². The van der Waals surface area contributed by atoms with Crippen LogP contribution in [0.15, 0.2) is 18.2 Å². The molecule has 22 heavy (non-hydrogen) atoms. The Kier molecular flexibility index (Phi) is 4.63. The molecule has 2 rings (SSSR count). The summed E-state index contributed by atoms with van der Waals surface area (Å²) in [5.74, 6) is -1.23. The van der Waals surface area contributed by atoms with Crippen molar-refractivity contribution < 1.29 is 19.1 Å². The van der Waals surface area contributed by atoms with Gasteiger partial charge in [-0.1, -0.05) is 29.3 Å². The smallest absolute Gasteiger partial charge is 0.326 e.